The smallest absolute Gasteiger partial charge is 0.315 e. The van der Waals surface area contributed by atoms with Gasteiger partial charge in [0.1, 0.15) is 0 Å². The molecule has 30 heavy (non-hydrogen) atoms. The van der Waals surface area contributed by atoms with Gasteiger partial charge in [-0.05, 0) is 73.3 Å². The average Bonchev–Trinajstić information content (AvgIpc) is 2.86. The van der Waals surface area contributed by atoms with E-state index in [4.69, 9.17) is 0 Å². The molecule has 1 aromatic rings. The number of carbonyl (C=O) groups excluding carboxylic acids is 2. The topological polar surface area (TPSA) is 61.4 Å². The third-order valence-corrected chi connectivity index (χ3v) is 8.26. The van der Waals surface area contributed by atoms with E-state index in [-0.39, 0.29) is 23.5 Å². The second-order valence-corrected chi connectivity index (χ2v) is 10.7. The van der Waals surface area contributed by atoms with Crippen LogP contribution in [0.5, 0.6) is 0 Å². The second kappa shape index (κ2) is 7.28. The van der Waals surface area contributed by atoms with Crippen molar-refractivity contribution in [2.45, 2.75) is 88.6 Å². The van der Waals surface area contributed by atoms with Crippen LogP contribution in [0, 0.1) is 5.41 Å². The molecule has 2 unspecified atom stereocenters. The minimum Gasteiger partial charge on any atom is -0.343 e. The van der Waals surface area contributed by atoms with Crippen molar-refractivity contribution in [1.29, 1.82) is 0 Å². The van der Waals surface area contributed by atoms with Crippen LogP contribution in [0.25, 0.3) is 0 Å². The highest BCUT2D eigenvalue weighted by Crippen LogP contribution is 2.62. The summed E-state index contributed by atoms with van der Waals surface area (Å²) >= 11 is 0. The van der Waals surface area contributed by atoms with Crippen LogP contribution in [0.4, 0.5) is 4.79 Å². The van der Waals surface area contributed by atoms with Gasteiger partial charge in [-0.15, -0.1) is 0 Å². The van der Waals surface area contributed by atoms with E-state index in [1.807, 2.05) is 11.8 Å². The van der Waals surface area contributed by atoms with Crippen molar-refractivity contribution in [3.8, 4) is 0 Å². The van der Waals surface area contributed by atoms with Crippen LogP contribution in [0.3, 0.4) is 0 Å². The fourth-order valence-corrected chi connectivity index (χ4v) is 7.35. The molecule has 5 aliphatic rings. The molecule has 2 atom stereocenters. The van der Waals surface area contributed by atoms with Gasteiger partial charge in [0.2, 0.25) is 5.91 Å². The summed E-state index contributed by atoms with van der Waals surface area (Å²) in [6.45, 7) is 5.85. The molecule has 6 rings (SSSR count). The quantitative estimate of drug-likeness (QED) is 0.782. The van der Waals surface area contributed by atoms with Crippen molar-refractivity contribution in [3.63, 3.8) is 0 Å². The van der Waals surface area contributed by atoms with Crippen molar-refractivity contribution in [2.24, 2.45) is 5.41 Å². The highest BCUT2D eigenvalue weighted by atomic mass is 16.2. The molecule has 1 aliphatic heterocycles. The zero-order valence-electron chi connectivity index (χ0n) is 18.4. The zero-order valence-corrected chi connectivity index (χ0v) is 18.4. The van der Waals surface area contributed by atoms with Crippen molar-refractivity contribution in [2.75, 3.05) is 13.1 Å². The predicted molar refractivity (Wildman–Crippen MR) is 117 cm³/mol. The molecular weight excluding hydrogens is 374 g/mol. The van der Waals surface area contributed by atoms with Gasteiger partial charge in [0, 0.05) is 31.1 Å². The number of nitrogens with zero attached hydrogens (tertiary/aromatic N) is 1. The minimum atomic E-state index is -0.0947. The number of carbonyl (C=O) groups is 2. The molecule has 2 N–H and O–H groups in total. The monoisotopic (exact) mass is 409 g/mol. The van der Waals surface area contributed by atoms with Gasteiger partial charge in [-0.2, -0.15) is 0 Å². The number of hydrogen-bond acceptors (Lipinski definition) is 2. The molecular formula is C25H35N3O2. The van der Waals surface area contributed by atoms with Gasteiger partial charge in [-0.1, -0.05) is 38.1 Å². The number of amides is 3. The van der Waals surface area contributed by atoms with Crippen LogP contribution in [0.1, 0.15) is 88.2 Å². The first kappa shape index (κ1) is 19.9. The maximum atomic E-state index is 13.1. The number of likely N-dealkylation sites (tertiary alicyclic amines) is 1. The predicted octanol–water partition coefficient (Wildman–Crippen LogP) is 4.29. The molecule has 2 saturated carbocycles. The molecule has 1 saturated heterocycles. The van der Waals surface area contributed by atoms with Crippen LogP contribution < -0.4 is 10.6 Å². The van der Waals surface area contributed by atoms with Crippen LogP contribution in [0.2, 0.25) is 0 Å². The molecule has 162 valence electrons. The van der Waals surface area contributed by atoms with E-state index < -0.39 is 0 Å². The maximum Gasteiger partial charge on any atom is 0.315 e. The van der Waals surface area contributed by atoms with Crippen molar-refractivity contribution in [3.05, 3.63) is 35.4 Å². The molecule has 0 radical (unpaired) electrons. The fourth-order valence-electron chi connectivity index (χ4n) is 7.35. The Morgan fingerprint density at radius 2 is 1.63 bits per heavy atom. The molecule has 3 fully saturated rings. The Balaban J connectivity index is 1.27. The summed E-state index contributed by atoms with van der Waals surface area (Å²) in [5.74, 6) is 1.32. The number of nitrogens with one attached hydrogen (secondary N) is 2. The van der Waals surface area contributed by atoms with Crippen molar-refractivity contribution >= 4 is 11.9 Å². The number of benzene rings is 1. The fraction of sp³-hybridized carbons (Fsp3) is 0.680. The first-order valence-electron chi connectivity index (χ1n) is 11.8. The Morgan fingerprint density at radius 1 is 1.03 bits per heavy atom. The number of rotatable bonds is 3. The standard InChI is InChI=1S/C25H35N3O2/c1-3-22(29)28-10-8-19(9-11-28)26-23(30)27-25-14-17-12-24(2,16-25)13-18(15-25)21-7-5-4-6-20(17)21/h4-7,17-19H,3,8-16H2,1-2H3,(H2,26,27,30). The Morgan fingerprint density at radius 3 is 2.20 bits per heavy atom. The number of piperidine rings is 1. The average molecular weight is 410 g/mol. The highest BCUT2D eigenvalue weighted by Gasteiger charge is 2.55. The Labute approximate surface area is 180 Å². The molecule has 4 aliphatic carbocycles. The summed E-state index contributed by atoms with van der Waals surface area (Å²) in [5.41, 5.74) is 3.28. The lowest BCUT2D eigenvalue weighted by molar-refractivity contribution is -0.131. The second-order valence-electron chi connectivity index (χ2n) is 10.7. The van der Waals surface area contributed by atoms with Gasteiger partial charge in [0.15, 0.2) is 0 Å². The largest absolute Gasteiger partial charge is 0.343 e. The van der Waals surface area contributed by atoms with E-state index in [0.717, 1.165) is 45.2 Å². The maximum absolute atomic E-state index is 13.1. The van der Waals surface area contributed by atoms with E-state index in [1.54, 1.807) is 0 Å². The van der Waals surface area contributed by atoms with Crippen molar-refractivity contribution in [1.82, 2.24) is 15.5 Å². The lowest BCUT2D eigenvalue weighted by Crippen LogP contribution is -2.60. The van der Waals surface area contributed by atoms with Gasteiger partial charge in [-0.25, -0.2) is 4.79 Å². The summed E-state index contributed by atoms with van der Waals surface area (Å²) < 4.78 is 0. The van der Waals surface area contributed by atoms with Gasteiger partial charge >= 0.3 is 6.03 Å². The highest BCUT2D eigenvalue weighted by molar-refractivity contribution is 5.76. The minimum absolute atomic E-state index is 0.00938. The summed E-state index contributed by atoms with van der Waals surface area (Å²) in [5, 5.41) is 6.72. The van der Waals surface area contributed by atoms with Crippen LogP contribution in [-0.4, -0.2) is 41.5 Å². The molecule has 5 heteroatoms. The molecule has 3 amide bonds. The Kier molecular flexibility index (Phi) is 4.83. The van der Waals surface area contributed by atoms with Gasteiger partial charge in [-0.3, -0.25) is 4.79 Å². The number of hydrogen-bond donors (Lipinski definition) is 2. The lowest BCUT2D eigenvalue weighted by Gasteiger charge is -2.54. The molecule has 0 aromatic heterocycles. The van der Waals surface area contributed by atoms with E-state index in [2.05, 4.69) is 41.8 Å². The molecule has 1 heterocycles. The molecule has 0 spiro atoms. The van der Waals surface area contributed by atoms with E-state index in [0.29, 0.717) is 23.7 Å². The normalized spacial score (nSPS) is 34.9. The molecule has 4 bridgehead atoms. The zero-order chi connectivity index (χ0) is 20.9. The lowest BCUT2D eigenvalue weighted by atomic mass is 9.55. The van der Waals surface area contributed by atoms with E-state index in [1.165, 1.54) is 24.0 Å². The van der Waals surface area contributed by atoms with E-state index >= 15 is 0 Å². The van der Waals surface area contributed by atoms with Crippen LogP contribution in [0.15, 0.2) is 24.3 Å². The third kappa shape index (κ3) is 3.50. The summed E-state index contributed by atoms with van der Waals surface area (Å²) in [6.07, 6.45) is 7.97. The summed E-state index contributed by atoms with van der Waals surface area (Å²) in [7, 11) is 0. The number of urea groups is 1. The van der Waals surface area contributed by atoms with Gasteiger partial charge < -0.3 is 15.5 Å². The molecule has 5 nitrogen and oxygen atoms in total. The van der Waals surface area contributed by atoms with E-state index in [9.17, 15) is 9.59 Å². The van der Waals surface area contributed by atoms with Gasteiger partial charge in [0.05, 0.1) is 0 Å². The SMILES string of the molecule is CCC(=O)N1CCC(NC(=O)NC23CC4CC(C)(CC(C2)c2ccccc24)C3)CC1. The van der Waals surface area contributed by atoms with Crippen LogP contribution in [-0.2, 0) is 4.79 Å². The summed E-state index contributed by atoms with van der Waals surface area (Å²) in [4.78, 5) is 26.9. The Hall–Kier alpha value is -2.04. The first-order chi connectivity index (χ1) is 14.4. The third-order valence-electron chi connectivity index (χ3n) is 8.26. The van der Waals surface area contributed by atoms with Gasteiger partial charge in [0.25, 0.3) is 0 Å². The first-order valence-corrected chi connectivity index (χ1v) is 11.8. The summed E-state index contributed by atoms with van der Waals surface area (Å²) in [6, 6.07) is 9.16. The Bertz CT molecular complexity index is 808. The molecule has 1 aromatic carbocycles. The van der Waals surface area contributed by atoms with Crippen LogP contribution >= 0.6 is 0 Å². The van der Waals surface area contributed by atoms with Crippen molar-refractivity contribution < 1.29 is 9.59 Å².